The summed E-state index contributed by atoms with van der Waals surface area (Å²) >= 11 is 1.88. The molecule has 1 aliphatic carbocycles. The first kappa shape index (κ1) is 75.5. The number of allylic oxidation sites excluding steroid dienone is 3. The first-order valence-corrected chi connectivity index (χ1v) is 45.0. The number of nitrogens with zero attached hydrogens (tertiary/aromatic N) is 7. The summed E-state index contributed by atoms with van der Waals surface area (Å²) in [5.41, 5.74) is 26.7. The minimum atomic E-state index is -2.27. The zero-order valence-corrected chi connectivity index (χ0v) is 69.2. The van der Waals surface area contributed by atoms with E-state index in [4.69, 9.17) is 34.9 Å². The second-order valence-corrected chi connectivity index (χ2v) is 35.9. The Morgan fingerprint density at radius 1 is 0.244 bits per heavy atom. The van der Waals surface area contributed by atoms with Crippen LogP contribution in [0.2, 0.25) is 0 Å². The van der Waals surface area contributed by atoms with Crippen molar-refractivity contribution in [1.82, 2.24) is 34.9 Å². The van der Waals surface area contributed by atoms with Crippen LogP contribution in [-0.4, -0.2) is 53.5 Å². The Kier molecular flexibility index (Phi) is 20.0. The van der Waals surface area contributed by atoms with Crippen LogP contribution in [0.3, 0.4) is 0 Å². The van der Waals surface area contributed by atoms with Crippen molar-refractivity contribution in [2.24, 2.45) is 0 Å². The van der Waals surface area contributed by atoms with Gasteiger partial charge in [0.2, 0.25) is 0 Å². The molecule has 2 atom stereocenters. The predicted octanol–water partition coefficient (Wildman–Crippen LogP) is 29.2. The fourth-order valence-corrected chi connectivity index (χ4v) is 19.8. The van der Waals surface area contributed by atoms with Gasteiger partial charge in [0.15, 0.2) is 11.6 Å². The highest BCUT2D eigenvalue weighted by atomic mass is 32.2. The number of para-hydroxylation sites is 4. The molecule has 0 saturated heterocycles. The summed E-state index contributed by atoms with van der Waals surface area (Å²) in [6.07, 6.45) is 8.86. The zero-order chi connectivity index (χ0) is 82.3. The third kappa shape index (κ3) is 14.6. The van der Waals surface area contributed by atoms with E-state index < -0.39 is 7.14 Å². The fourth-order valence-electron chi connectivity index (χ4n) is 17.5. The Labute approximate surface area is 717 Å². The van der Waals surface area contributed by atoms with E-state index >= 15 is 0 Å². The van der Waals surface area contributed by atoms with Crippen LogP contribution in [0.4, 0.5) is 0 Å². The summed E-state index contributed by atoms with van der Waals surface area (Å²) in [5, 5.41) is 12.8. The van der Waals surface area contributed by atoms with Gasteiger partial charge in [0, 0.05) is 109 Å². The Morgan fingerprint density at radius 3 is 1.03 bits per heavy atom. The third-order valence-electron chi connectivity index (χ3n) is 23.4. The molecule has 0 N–H and O–H groups in total. The molecule has 0 spiro atoms. The lowest BCUT2D eigenvalue weighted by molar-refractivity contribution is 0.588. The molecule has 0 fully saturated rings. The smallest absolute Gasteiger partial charge is 0.160 e. The van der Waals surface area contributed by atoms with Gasteiger partial charge >= 0.3 is 0 Å². The number of benzene rings is 16. The van der Waals surface area contributed by atoms with E-state index in [9.17, 15) is 4.57 Å². The second-order valence-electron chi connectivity index (χ2n) is 31.5. The maximum atomic E-state index is 12.5. The van der Waals surface area contributed by atoms with Crippen LogP contribution in [0.1, 0.15) is 11.6 Å². The molecular weight excluding hydrogens is 1530 g/mol. The summed E-state index contributed by atoms with van der Waals surface area (Å²) in [6.45, 7) is 3.62. The molecule has 0 bridgehead atoms. The molecule has 6 heterocycles. The summed E-state index contributed by atoms with van der Waals surface area (Å²) in [5.74, 6) is 1.73. The van der Waals surface area contributed by atoms with E-state index in [0.29, 0.717) is 5.25 Å². The molecule has 0 radical (unpaired) electrons. The van der Waals surface area contributed by atoms with Crippen LogP contribution >= 0.6 is 18.9 Å². The number of thioether (sulfide) groups is 1. The monoisotopic (exact) mass is 1610 g/mol. The highest BCUT2D eigenvalue weighted by Gasteiger charge is 2.36. The summed E-state index contributed by atoms with van der Waals surface area (Å²) in [6, 6.07) is 139. The van der Waals surface area contributed by atoms with Crippen LogP contribution in [0.15, 0.2) is 430 Å². The minimum absolute atomic E-state index is 0.246. The van der Waals surface area contributed by atoms with Gasteiger partial charge in [-0.2, -0.15) is 0 Å². The Balaban J connectivity index is 0.000000114. The van der Waals surface area contributed by atoms with Gasteiger partial charge < -0.3 is 4.57 Å². The number of aromatic nitrogens is 7. The predicted molar refractivity (Wildman–Crippen MR) is 516 cm³/mol. The molecule has 0 saturated carbocycles. The lowest BCUT2D eigenvalue weighted by Crippen LogP contribution is -2.09. The van der Waals surface area contributed by atoms with Gasteiger partial charge in [-0.15, -0.1) is 11.8 Å². The number of fused-ring (bicyclic) bond motifs is 13. The molecule has 16 aromatic carbocycles. The standard InChI is InChI=1S/C41H27N3S.C39H25N3.C33H26NOP/c1-3-13-26(14-4-1)37-33-22-12-21-30(36(33)31-19-7-9-23-34(31)42-37)28-17-11-18-29(25-28)41-43-38(27-15-5-2-6-16-27)40-39(44-41)32-20-8-10-24-35(32)45-40;1-3-13-26(14-4-1)37-33-22-12-21-30(36(33)31-19-7-9-23-34(31)40-37)28-17-11-18-29(25-28)38-32-20-8-10-24-35(32)41-39(42-38)27-15-5-2-6-16-27;1-36(2,35)27-20-18-23(19-21-27)25-12-8-13-26(22-25)28-15-9-16-30-32(28)29-14-6-7-17-31(29)34-33(30)24-10-4-3-5-11-24/h1-25,32,35H;1-25H;3-22H,1-2H3. The molecule has 123 heavy (non-hydrogen) atoms. The third-order valence-corrected chi connectivity index (χ3v) is 26.3. The van der Waals surface area contributed by atoms with E-state index in [1.54, 1.807) is 0 Å². The number of hydrogen-bond donors (Lipinski definition) is 0. The quantitative estimate of drug-likeness (QED) is 0.0873. The zero-order valence-electron chi connectivity index (χ0n) is 67.5. The number of rotatable bonds is 12. The summed E-state index contributed by atoms with van der Waals surface area (Å²) < 4.78 is 12.5. The van der Waals surface area contributed by atoms with Gasteiger partial charge in [-0.25, -0.2) is 34.9 Å². The molecule has 10 heteroatoms. The van der Waals surface area contributed by atoms with Crippen molar-refractivity contribution >= 4 is 100 Å². The molecule has 21 aromatic rings. The lowest BCUT2D eigenvalue weighted by Gasteiger charge is -2.16. The number of hydrogen-bond acceptors (Lipinski definition) is 9. The Morgan fingerprint density at radius 2 is 0.569 bits per heavy atom. The van der Waals surface area contributed by atoms with Gasteiger partial charge in [0.25, 0.3) is 0 Å². The maximum Gasteiger partial charge on any atom is 0.160 e. The molecule has 582 valence electrons. The molecule has 1 aliphatic heterocycles. The average Bonchev–Trinajstić information content (AvgIpc) is 1.62. The van der Waals surface area contributed by atoms with Crippen LogP contribution in [0, 0.1) is 0 Å². The molecular formula is C113H78N7OPS. The first-order valence-electron chi connectivity index (χ1n) is 41.5. The van der Waals surface area contributed by atoms with Gasteiger partial charge in [-0.05, 0) is 100 Å². The second kappa shape index (κ2) is 32.6. The molecule has 5 aromatic heterocycles. The van der Waals surface area contributed by atoms with Crippen LogP contribution < -0.4 is 5.30 Å². The first-order chi connectivity index (χ1) is 60.6. The summed E-state index contributed by atoms with van der Waals surface area (Å²) in [4.78, 5) is 37.1. The van der Waals surface area contributed by atoms with Crippen LogP contribution in [-0.2, 0) is 4.57 Å². The van der Waals surface area contributed by atoms with Crippen molar-refractivity contribution in [2.45, 2.75) is 16.1 Å². The lowest BCUT2D eigenvalue weighted by atomic mass is 9.91. The molecule has 23 rings (SSSR count). The van der Waals surface area contributed by atoms with Gasteiger partial charge in [-0.1, -0.05) is 382 Å². The van der Waals surface area contributed by atoms with E-state index in [0.717, 1.165) is 178 Å². The molecule has 2 aliphatic rings. The van der Waals surface area contributed by atoms with E-state index in [2.05, 4.69) is 364 Å². The van der Waals surface area contributed by atoms with Crippen molar-refractivity contribution in [3.8, 4) is 124 Å². The summed E-state index contributed by atoms with van der Waals surface area (Å²) in [7, 11) is -2.27. The Bertz CT molecular complexity index is 7780. The highest BCUT2D eigenvalue weighted by molar-refractivity contribution is 8.00. The topological polar surface area (TPSA) is 107 Å². The van der Waals surface area contributed by atoms with Crippen LogP contribution in [0.5, 0.6) is 0 Å². The van der Waals surface area contributed by atoms with E-state index in [1.165, 1.54) is 37.7 Å². The average molecular weight is 1610 g/mol. The SMILES string of the molecule is C1=CC2Sc3c(-c4ccccc4)nc(-c4cccc(-c5cccc6c(-c7ccccc7)nc7ccccc7c56)c4)nc3C2C=C1.CP(C)(=O)c1ccc(-c2cccc(-c3cccc4c(-c5ccccc5)nc5ccccc5c34)c2)cc1.c1ccc(-c2nc(-c3cccc(-c4cccc5c(-c6ccccc6)nc6ccccc6c45)c3)c3ccccc3n2)cc1. The van der Waals surface area contributed by atoms with Crippen molar-refractivity contribution in [3.63, 3.8) is 0 Å². The number of pyridine rings is 3. The normalized spacial score (nSPS) is 13.4. The highest BCUT2D eigenvalue weighted by Crippen LogP contribution is 2.52. The van der Waals surface area contributed by atoms with Crippen molar-refractivity contribution < 1.29 is 4.57 Å². The van der Waals surface area contributed by atoms with Gasteiger partial charge in [-0.3, -0.25) is 0 Å². The van der Waals surface area contributed by atoms with Crippen LogP contribution in [0.25, 0.3) is 199 Å². The molecule has 0 amide bonds. The maximum absolute atomic E-state index is 12.5. The van der Waals surface area contributed by atoms with Gasteiger partial charge in [0.05, 0.1) is 61.1 Å². The molecule has 2 unspecified atom stereocenters. The minimum Gasteiger partial charge on any atom is -0.319 e. The fraction of sp³-hybridized carbons (Fsp3) is 0.0354. The van der Waals surface area contributed by atoms with Crippen molar-refractivity contribution in [3.05, 3.63) is 430 Å². The largest absolute Gasteiger partial charge is 0.319 e. The van der Waals surface area contributed by atoms with Crippen molar-refractivity contribution in [1.29, 1.82) is 0 Å². The molecule has 8 nitrogen and oxygen atoms in total. The Hall–Kier alpha value is -15.0. The van der Waals surface area contributed by atoms with Crippen molar-refractivity contribution in [2.75, 3.05) is 13.3 Å². The van der Waals surface area contributed by atoms with E-state index in [1.807, 2.05) is 85.8 Å². The van der Waals surface area contributed by atoms with E-state index in [-0.39, 0.29) is 5.92 Å². The van der Waals surface area contributed by atoms with Gasteiger partial charge in [0.1, 0.15) is 7.14 Å².